The minimum atomic E-state index is -4.50. The van der Waals surface area contributed by atoms with Crippen molar-refractivity contribution in [1.82, 2.24) is 19.6 Å². The topological polar surface area (TPSA) is 178 Å². The molecule has 1 amide bonds. The fraction of sp³-hybridized carbons (Fsp3) is 0.289. The first-order valence-electron chi connectivity index (χ1n) is 20.2. The number of hydrogen-bond donors (Lipinski definition) is 4. The maximum atomic E-state index is 14.0. The Morgan fingerprint density at radius 3 is 2.33 bits per heavy atom. The zero-order valence-corrected chi connectivity index (χ0v) is 34.5. The Hall–Kier alpha value is -6.33. The molecule has 4 N–H and O–H groups in total. The number of piperazine rings is 1. The lowest BCUT2D eigenvalue weighted by Crippen LogP contribution is -2.51. The van der Waals surface area contributed by atoms with E-state index in [-0.39, 0.29) is 26.8 Å². The van der Waals surface area contributed by atoms with Crippen molar-refractivity contribution < 1.29 is 37.6 Å². The molecule has 2 saturated heterocycles. The molecule has 2 fully saturated rings. The molecule has 8 rings (SSSR count). The number of pyridine rings is 1. The standard InChI is InChI=1S/C45H47N7O8S/c1-58-52(55)41-28-38(13-15-40(41)47-29-32-17-24-59-25-18-32)61(56,57)49-44(53)39-14-12-36(27-42(39)60-37-26-33-16-19-46-43(33)48-30-37)51-22-20-50(21-23-51)31-45(54,34-8-4-2-5-9-34)35-10-6-3-7-11-35/h2-16,19,26-28,30,32,54H,17-18,20-25,29,31H2,1H3,(H2-,46,47,48,49,53,55)/p+1. The first-order valence-corrected chi connectivity index (χ1v) is 21.7. The number of benzene rings is 4. The number of nitrogens with zero attached hydrogens (tertiary/aromatic N) is 4. The van der Waals surface area contributed by atoms with Crippen LogP contribution in [0.3, 0.4) is 0 Å². The van der Waals surface area contributed by atoms with Crippen molar-refractivity contribution in [3.05, 3.63) is 143 Å². The first kappa shape index (κ1) is 41.4. The van der Waals surface area contributed by atoms with Crippen molar-refractivity contribution in [2.24, 2.45) is 5.92 Å². The van der Waals surface area contributed by atoms with Crippen LogP contribution in [0.5, 0.6) is 11.5 Å². The smallest absolute Gasteiger partial charge is 0.340 e. The zero-order chi connectivity index (χ0) is 42.4. The molecular weight excluding hydrogens is 799 g/mol. The molecule has 2 aromatic heterocycles. The Morgan fingerprint density at radius 2 is 1.64 bits per heavy atom. The Labute approximate surface area is 353 Å². The summed E-state index contributed by atoms with van der Waals surface area (Å²) in [6.07, 6.45) is 5.00. The highest BCUT2D eigenvalue weighted by Crippen LogP contribution is 2.35. The van der Waals surface area contributed by atoms with E-state index in [0.717, 1.165) is 41.1 Å². The molecule has 6 aromatic rings. The van der Waals surface area contributed by atoms with Gasteiger partial charge in [-0.1, -0.05) is 60.7 Å². The van der Waals surface area contributed by atoms with E-state index in [2.05, 4.69) is 29.8 Å². The van der Waals surface area contributed by atoms with Crippen molar-refractivity contribution in [1.29, 1.82) is 0 Å². The molecule has 2 aliphatic rings. The van der Waals surface area contributed by atoms with Gasteiger partial charge < -0.3 is 29.8 Å². The van der Waals surface area contributed by atoms with Crippen LogP contribution in [-0.4, -0.2) is 98.8 Å². The Balaban J connectivity index is 1.02. The maximum Gasteiger partial charge on any atom is 0.340 e. The molecule has 4 aromatic carbocycles. The summed E-state index contributed by atoms with van der Waals surface area (Å²) >= 11 is 0. The lowest BCUT2D eigenvalue weighted by atomic mass is 9.85. The number of anilines is 2. The van der Waals surface area contributed by atoms with E-state index in [4.69, 9.17) is 14.3 Å². The van der Waals surface area contributed by atoms with Crippen molar-refractivity contribution in [2.45, 2.75) is 23.3 Å². The van der Waals surface area contributed by atoms with E-state index in [9.17, 15) is 23.2 Å². The van der Waals surface area contributed by atoms with E-state index in [1.165, 1.54) is 31.5 Å². The zero-order valence-electron chi connectivity index (χ0n) is 33.7. The number of sulfonamides is 1. The van der Waals surface area contributed by atoms with Gasteiger partial charge in [0.25, 0.3) is 20.9 Å². The lowest BCUT2D eigenvalue weighted by molar-refractivity contribution is -0.736. The molecule has 2 aliphatic heterocycles. The van der Waals surface area contributed by atoms with Gasteiger partial charge in [0.05, 0.1) is 21.6 Å². The predicted molar refractivity (Wildman–Crippen MR) is 231 cm³/mol. The third-order valence-corrected chi connectivity index (χ3v) is 12.6. The predicted octanol–water partition coefficient (Wildman–Crippen LogP) is 6.34. The Kier molecular flexibility index (Phi) is 12.3. The number of aliphatic hydroxyl groups is 1. The number of aromatic amines is 1. The van der Waals surface area contributed by atoms with Crippen LogP contribution in [0.1, 0.15) is 34.3 Å². The summed E-state index contributed by atoms with van der Waals surface area (Å²) in [6.45, 7) is 4.76. The summed E-state index contributed by atoms with van der Waals surface area (Å²) in [5, 5.41) is 16.2. The van der Waals surface area contributed by atoms with E-state index >= 15 is 0 Å². The van der Waals surface area contributed by atoms with Gasteiger partial charge in [0, 0.05) is 81.9 Å². The van der Waals surface area contributed by atoms with Gasteiger partial charge >= 0.3 is 5.69 Å². The monoisotopic (exact) mass is 846 g/mol. The minimum Gasteiger partial charge on any atom is -0.455 e. The quantitative estimate of drug-likeness (QED) is 0.0845. The number of carbonyl (C=O) groups excluding carboxylic acids is 1. The van der Waals surface area contributed by atoms with Gasteiger partial charge in [-0.2, -0.15) is 0 Å². The second-order valence-corrected chi connectivity index (χ2v) is 16.9. The van der Waals surface area contributed by atoms with Gasteiger partial charge in [-0.15, -0.1) is 0 Å². The van der Waals surface area contributed by atoms with Gasteiger partial charge in [0.2, 0.25) is 0 Å². The molecule has 0 radical (unpaired) electrons. The summed E-state index contributed by atoms with van der Waals surface area (Å²) in [4.78, 5) is 43.4. The summed E-state index contributed by atoms with van der Waals surface area (Å²) in [6, 6.07) is 31.9. The molecule has 15 nitrogen and oxygen atoms in total. The molecule has 61 heavy (non-hydrogen) atoms. The van der Waals surface area contributed by atoms with Crippen LogP contribution in [0.4, 0.5) is 17.1 Å². The number of ether oxygens (including phenoxy) is 2. The molecule has 316 valence electrons. The summed E-state index contributed by atoms with van der Waals surface area (Å²) < 4.78 is 41.5. The highest BCUT2D eigenvalue weighted by molar-refractivity contribution is 7.90. The molecule has 0 bridgehead atoms. The number of nitrogens with one attached hydrogen (secondary N) is 3. The number of hydrogen-bond acceptors (Lipinski definition) is 12. The second-order valence-electron chi connectivity index (χ2n) is 15.2. The van der Waals surface area contributed by atoms with Gasteiger partial charge in [-0.25, -0.2) is 23.0 Å². The van der Waals surface area contributed by atoms with Crippen molar-refractivity contribution >= 4 is 44.0 Å². The average Bonchev–Trinajstić information content (AvgIpc) is 3.77. The number of fused-ring (bicyclic) bond motifs is 1. The van der Waals surface area contributed by atoms with Crippen molar-refractivity contribution in [2.75, 3.05) is 69.8 Å². The minimum absolute atomic E-state index is 0.0340. The number of rotatable bonds is 15. The van der Waals surface area contributed by atoms with E-state index < -0.39 is 21.5 Å². The third kappa shape index (κ3) is 9.37. The van der Waals surface area contributed by atoms with Crippen LogP contribution in [0.15, 0.2) is 126 Å². The average molecular weight is 847 g/mol. The highest BCUT2D eigenvalue weighted by atomic mass is 32.2. The maximum absolute atomic E-state index is 14.0. The molecule has 4 heterocycles. The second kappa shape index (κ2) is 18.1. The lowest BCUT2D eigenvalue weighted by Gasteiger charge is -2.40. The summed E-state index contributed by atoms with van der Waals surface area (Å²) in [5.41, 5.74) is 2.11. The molecule has 0 unspecified atom stereocenters. The van der Waals surface area contributed by atoms with E-state index in [1.54, 1.807) is 24.4 Å². The van der Waals surface area contributed by atoms with Crippen molar-refractivity contribution in [3.8, 4) is 11.5 Å². The van der Waals surface area contributed by atoms with Crippen LogP contribution in [0.2, 0.25) is 0 Å². The Bertz CT molecular complexity index is 2550. The largest absolute Gasteiger partial charge is 0.455 e. The molecule has 0 aliphatic carbocycles. The van der Waals surface area contributed by atoms with Crippen molar-refractivity contribution in [3.63, 3.8) is 0 Å². The van der Waals surface area contributed by atoms with Gasteiger partial charge in [-0.05, 0) is 66.3 Å². The molecule has 0 saturated carbocycles. The highest BCUT2D eigenvalue weighted by Gasteiger charge is 2.35. The SMILES string of the molecule is CO[N+](=O)c1cc(S(=O)(=O)NC(=O)c2ccc(N3CCN(CC(O)(c4ccccc4)c4ccccc4)CC3)cc2Oc2cnc3[nH]ccc3c2)ccc1NCC1CCOCC1. The van der Waals surface area contributed by atoms with Crippen LogP contribution >= 0.6 is 0 Å². The molecule has 0 spiro atoms. The fourth-order valence-corrected chi connectivity index (χ4v) is 8.85. The third-order valence-electron chi connectivity index (χ3n) is 11.3. The molecule has 16 heteroatoms. The number of β-amino-alcohol motifs (C(OH)–C–C–N with tert-alkyl or cyclic N) is 1. The van der Waals surface area contributed by atoms with Gasteiger partial charge in [0.1, 0.15) is 28.4 Å². The summed E-state index contributed by atoms with van der Waals surface area (Å²) in [7, 11) is -3.32. The van der Waals surface area contributed by atoms with Crippen LogP contribution in [-0.2, 0) is 25.2 Å². The van der Waals surface area contributed by atoms with Crippen LogP contribution < -0.4 is 19.7 Å². The van der Waals surface area contributed by atoms with Gasteiger partial charge in [-0.3, -0.25) is 9.69 Å². The van der Waals surface area contributed by atoms with E-state index in [1.807, 2.05) is 66.7 Å². The van der Waals surface area contributed by atoms with E-state index in [0.29, 0.717) is 75.5 Å². The number of aromatic nitrogens is 2. The molecular formula is C45H48N7O8S+. The van der Waals surface area contributed by atoms with Crippen LogP contribution in [0, 0.1) is 10.8 Å². The van der Waals surface area contributed by atoms with Gasteiger partial charge in [0.15, 0.2) is 7.11 Å². The normalized spacial score (nSPS) is 15.3. The Morgan fingerprint density at radius 1 is 0.934 bits per heavy atom. The number of amides is 1. The summed E-state index contributed by atoms with van der Waals surface area (Å²) in [5.74, 6) is -0.149. The van der Waals surface area contributed by atoms with Crippen LogP contribution in [0.25, 0.3) is 11.0 Å². The molecule has 0 atom stereocenters. The number of H-pyrrole nitrogens is 1. The number of carbonyl (C=O) groups is 1. The fourth-order valence-electron chi connectivity index (χ4n) is 7.87. The first-order chi connectivity index (χ1) is 29.6.